The summed E-state index contributed by atoms with van der Waals surface area (Å²) in [6.45, 7) is 9.55. The average Bonchev–Trinajstić information content (AvgIpc) is 2.36. The van der Waals surface area contributed by atoms with Crippen molar-refractivity contribution >= 4 is 17.5 Å². The quantitative estimate of drug-likeness (QED) is 0.794. The molecule has 0 aliphatic heterocycles. The van der Waals surface area contributed by atoms with E-state index in [0.29, 0.717) is 11.3 Å². The smallest absolute Gasteiger partial charge is 0.251 e. The van der Waals surface area contributed by atoms with Crippen LogP contribution in [0.1, 0.15) is 45.0 Å². The second-order valence-corrected chi connectivity index (χ2v) is 6.54. The van der Waals surface area contributed by atoms with Crippen LogP contribution in [0, 0.1) is 5.41 Å². The first-order chi connectivity index (χ1) is 9.61. The minimum absolute atomic E-state index is 0.0849. The van der Waals surface area contributed by atoms with Crippen LogP contribution < -0.4 is 16.4 Å². The second kappa shape index (κ2) is 6.72. The van der Waals surface area contributed by atoms with Crippen molar-refractivity contribution in [2.75, 3.05) is 5.32 Å². The van der Waals surface area contributed by atoms with E-state index in [2.05, 4.69) is 10.6 Å². The molecular formula is C16H25N3O2. The molecule has 0 heterocycles. The highest BCUT2D eigenvalue weighted by Crippen LogP contribution is 2.19. The van der Waals surface area contributed by atoms with Gasteiger partial charge in [-0.1, -0.05) is 20.8 Å². The van der Waals surface area contributed by atoms with Crippen molar-refractivity contribution in [3.63, 3.8) is 0 Å². The van der Waals surface area contributed by atoms with Crippen molar-refractivity contribution in [1.82, 2.24) is 5.32 Å². The Hall–Kier alpha value is -1.88. The van der Waals surface area contributed by atoms with Crippen LogP contribution >= 0.6 is 0 Å². The highest BCUT2D eigenvalue weighted by Gasteiger charge is 2.27. The number of nitrogens with one attached hydrogen (secondary N) is 2. The lowest BCUT2D eigenvalue weighted by molar-refractivity contribution is -0.119. The maximum Gasteiger partial charge on any atom is 0.251 e. The Bertz CT molecular complexity index is 501. The summed E-state index contributed by atoms with van der Waals surface area (Å²) in [5.41, 5.74) is 6.78. The minimum Gasteiger partial charge on any atom is -0.350 e. The maximum atomic E-state index is 12.0. The summed E-state index contributed by atoms with van der Waals surface area (Å²) in [6, 6.07) is 6.24. The number of benzene rings is 1. The van der Waals surface area contributed by atoms with Crippen LogP contribution in [0.2, 0.25) is 0 Å². The first-order valence-corrected chi connectivity index (χ1v) is 7.08. The van der Waals surface area contributed by atoms with Gasteiger partial charge >= 0.3 is 0 Å². The highest BCUT2D eigenvalue weighted by molar-refractivity contribution is 5.97. The summed E-state index contributed by atoms with van der Waals surface area (Å²) < 4.78 is 0. The SMILES string of the molecule is CC(C)NC(=O)c1ccc(NC(=O)[C@@H](N)C(C)(C)C)cc1. The zero-order valence-electron chi connectivity index (χ0n) is 13.4. The van der Waals surface area contributed by atoms with Gasteiger partial charge in [-0.05, 0) is 43.5 Å². The highest BCUT2D eigenvalue weighted by atomic mass is 16.2. The lowest BCUT2D eigenvalue weighted by Crippen LogP contribution is -2.45. The summed E-state index contributed by atoms with van der Waals surface area (Å²) in [6.07, 6.45) is 0. The van der Waals surface area contributed by atoms with Gasteiger partial charge in [-0.25, -0.2) is 0 Å². The van der Waals surface area contributed by atoms with Crippen LogP contribution in [0.4, 0.5) is 5.69 Å². The molecule has 1 aromatic rings. The molecule has 2 amide bonds. The third kappa shape index (κ3) is 5.19. The Morgan fingerprint density at radius 3 is 2.05 bits per heavy atom. The van der Waals surface area contributed by atoms with Gasteiger partial charge < -0.3 is 16.4 Å². The average molecular weight is 291 g/mol. The number of nitrogens with two attached hydrogens (primary N) is 1. The van der Waals surface area contributed by atoms with Crippen molar-refractivity contribution in [2.45, 2.75) is 46.7 Å². The van der Waals surface area contributed by atoms with Crippen LogP contribution in [-0.2, 0) is 4.79 Å². The second-order valence-electron chi connectivity index (χ2n) is 6.54. The largest absolute Gasteiger partial charge is 0.350 e. The molecule has 1 rings (SSSR count). The molecule has 5 nitrogen and oxygen atoms in total. The summed E-state index contributed by atoms with van der Waals surface area (Å²) in [5.74, 6) is -0.365. The van der Waals surface area contributed by atoms with Crippen molar-refractivity contribution in [3.05, 3.63) is 29.8 Å². The third-order valence-corrected chi connectivity index (χ3v) is 3.05. The maximum absolute atomic E-state index is 12.0. The molecule has 0 fully saturated rings. The van der Waals surface area contributed by atoms with E-state index in [4.69, 9.17) is 5.73 Å². The predicted octanol–water partition coefficient (Wildman–Crippen LogP) is 2.14. The third-order valence-electron chi connectivity index (χ3n) is 3.05. The molecule has 4 N–H and O–H groups in total. The Balaban J connectivity index is 2.71. The standard InChI is InChI=1S/C16H25N3O2/c1-10(2)18-14(20)11-6-8-12(9-7-11)19-15(21)13(17)16(3,4)5/h6-10,13H,17H2,1-5H3,(H,18,20)(H,19,21)/t13-/m1/s1. The van der Waals surface area contributed by atoms with E-state index in [-0.39, 0.29) is 23.3 Å². The number of carbonyl (C=O) groups excluding carboxylic acids is 2. The zero-order valence-corrected chi connectivity index (χ0v) is 13.4. The van der Waals surface area contributed by atoms with E-state index < -0.39 is 6.04 Å². The normalized spacial score (nSPS) is 12.9. The molecule has 1 atom stereocenters. The Kier molecular flexibility index (Phi) is 5.49. The van der Waals surface area contributed by atoms with Gasteiger partial charge in [-0.2, -0.15) is 0 Å². The summed E-state index contributed by atoms with van der Waals surface area (Å²) in [7, 11) is 0. The molecule has 21 heavy (non-hydrogen) atoms. The van der Waals surface area contributed by atoms with Gasteiger partial charge in [0.2, 0.25) is 5.91 Å². The van der Waals surface area contributed by atoms with Gasteiger partial charge in [0.25, 0.3) is 5.91 Å². The van der Waals surface area contributed by atoms with Crippen molar-refractivity contribution in [2.24, 2.45) is 11.1 Å². The minimum atomic E-state index is -0.596. The lowest BCUT2D eigenvalue weighted by Gasteiger charge is -2.25. The van der Waals surface area contributed by atoms with E-state index in [1.165, 1.54) is 0 Å². The summed E-state index contributed by atoms with van der Waals surface area (Å²) in [4.78, 5) is 23.8. The number of amides is 2. The molecule has 116 valence electrons. The summed E-state index contributed by atoms with van der Waals surface area (Å²) >= 11 is 0. The van der Waals surface area contributed by atoms with Gasteiger partial charge in [0, 0.05) is 17.3 Å². The molecule has 5 heteroatoms. The Morgan fingerprint density at radius 2 is 1.62 bits per heavy atom. The van der Waals surface area contributed by atoms with E-state index in [1.54, 1.807) is 24.3 Å². The van der Waals surface area contributed by atoms with Crippen LogP contribution in [0.5, 0.6) is 0 Å². The number of carbonyl (C=O) groups is 2. The van der Waals surface area contributed by atoms with E-state index in [0.717, 1.165) is 0 Å². The fraction of sp³-hybridized carbons (Fsp3) is 0.500. The molecule has 0 aliphatic carbocycles. The number of rotatable bonds is 4. The molecule has 0 saturated carbocycles. The first-order valence-electron chi connectivity index (χ1n) is 7.08. The lowest BCUT2D eigenvalue weighted by atomic mass is 9.87. The van der Waals surface area contributed by atoms with Crippen molar-refractivity contribution < 1.29 is 9.59 Å². The molecule has 0 saturated heterocycles. The van der Waals surface area contributed by atoms with Crippen LogP contribution in [0.3, 0.4) is 0 Å². The van der Waals surface area contributed by atoms with Crippen molar-refractivity contribution in [1.29, 1.82) is 0 Å². The van der Waals surface area contributed by atoms with Crippen LogP contribution in [0.25, 0.3) is 0 Å². The Morgan fingerprint density at radius 1 is 1.10 bits per heavy atom. The van der Waals surface area contributed by atoms with Crippen LogP contribution in [-0.4, -0.2) is 23.9 Å². The number of hydrogen-bond acceptors (Lipinski definition) is 3. The van der Waals surface area contributed by atoms with Gasteiger partial charge in [-0.15, -0.1) is 0 Å². The van der Waals surface area contributed by atoms with E-state index >= 15 is 0 Å². The molecule has 0 radical (unpaired) electrons. The van der Waals surface area contributed by atoms with Gasteiger partial charge in [-0.3, -0.25) is 9.59 Å². The van der Waals surface area contributed by atoms with Crippen LogP contribution in [0.15, 0.2) is 24.3 Å². The number of hydrogen-bond donors (Lipinski definition) is 3. The molecule has 1 aromatic carbocycles. The fourth-order valence-corrected chi connectivity index (χ4v) is 1.66. The van der Waals surface area contributed by atoms with Gasteiger partial charge in [0.15, 0.2) is 0 Å². The first kappa shape index (κ1) is 17.2. The molecule has 0 bridgehead atoms. The number of anilines is 1. The monoisotopic (exact) mass is 291 g/mol. The molecule has 0 spiro atoms. The fourth-order valence-electron chi connectivity index (χ4n) is 1.66. The Labute approximate surface area is 126 Å². The molecular weight excluding hydrogens is 266 g/mol. The topological polar surface area (TPSA) is 84.2 Å². The molecule has 0 aliphatic rings. The molecule has 0 aromatic heterocycles. The van der Waals surface area contributed by atoms with E-state index in [1.807, 2.05) is 34.6 Å². The summed E-state index contributed by atoms with van der Waals surface area (Å²) in [5, 5.41) is 5.57. The van der Waals surface area contributed by atoms with E-state index in [9.17, 15) is 9.59 Å². The molecule has 0 unspecified atom stereocenters. The zero-order chi connectivity index (χ0) is 16.2. The van der Waals surface area contributed by atoms with Gasteiger partial charge in [0.05, 0.1) is 6.04 Å². The van der Waals surface area contributed by atoms with Crippen molar-refractivity contribution in [3.8, 4) is 0 Å². The predicted molar refractivity (Wildman–Crippen MR) is 85.1 cm³/mol. The van der Waals surface area contributed by atoms with Gasteiger partial charge in [0.1, 0.15) is 0 Å².